The molecule has 3 rings (SSSR count). The largest absolute Gasteiger partial charge is 0.339 e. The van der Waals surface area contributed by atoms with E-state index in [1.165, 1.54) is 12.8 Å². The van der Waals surface area contributed by atoms with Crippen molar-refractivity contribution >= 4 is 17.6 Å². The highest BCUT2D eigenvalue weighted by molar-refractivity contribution is 5.97. The number of nitrogens with one attached hydrogen (secondary N) is 2. The average molecular weight is 381 g/mol. The van der Waals surface area contributed by atoms with Crippen LogP contribution < -0.4 is 10.6 Å². The van der Waals surface area contributed by atoms with Crippen molar-refractivity contribution in [2.45, 2.75) is 45.1 Å². The zero-order valence-electron chi connectivity index (χ0n) is 16.2. The summed E-state index contributed by atoms with van der Waals surface area (Å²) < 4.78 is 0. The lowest BCUT2D eigenvalue weighted by Gasteiger charge is -2.20. The van der Waals surface area contributed by atoms with Gasteiger partial charge in [0.1, 0.15) is 0 Å². The van der Waals surface area contributed by atoms with E-state index in [-0.39, 0.29) is 18.0 Å². The van der Waals surface area contributed by atoms with Crippen LogP contribution in [0.3, 0.4) is 0 Å². The number of carbonyl (C=O) groups is 2. The van der Waals surface area contributed by atoms with Crippen LogP contribution in [0.15, 0.2) is 42.9 Å². The van der Waals surface area contributed by atoms with Crippen LogP contribution in [0.1, 0.15) is 48.7 Å². The summed E-state index contributed by atoms with van der Waals surface area (Å²) >= 11 is 0. The molecule has 1 atom stereocenters. The van der Waals surface area contributed by atoms with Gasteiger partial charge in [-0.15, -0.1) is 0 Å². The number of urea groups is 1. The van der Waals surface area contributed by atoms with Crippen LogP contribution in [0.4, 0.5) is 10.5 Å². The molecular weight excluding hydrogens is 354 g/mol. The summed E-state index contributed by atoms with van der Waals surface area (Å²) in [6.07, 6.45) is 9.99. The first-order chi connectivity index (χ1) is 13.6. The minimum Gasteiger partial charge on any atom is -0.339 e. The molecule has 148 valence electrons. The molecule has 0 saturated carbocycles. The monoisotopic (exact) mass is 381 g/mol. The summed E-state index contributed by atoms with van der Waals surface area (Å²) in [4.78, 5) is 35.2. The van der Waals surface area contributed by atoms with Crippen molar-refractivity contribution in [3.63, 3.8) is 0 Å². The van der Waals surface area contributed by atoms with E-state index in [0.29, 0.717) is 17.7 Å². The van der Waals surface area contributed by atoms with E-state index in [1.807, 2.05) is 11.8 Å². The van der Waals surface area contributed by atoms with Gasteiger partial charge >= 0.3 is 6.03 Å². The van der Waals surface area contributed by atoms with Gasteiger partial charge in [0.15, 0.2) is 0 Å². The van der Waals surface area contributed by atoms with Crippen LogP contribution in [-0.4, -0.2) is 45.9 Å². The third kappa shape index (κ3) is 5.77. The Morgan fingerprint density at radius 3 is 2.64 bits per heavy atom. The molecule has 1 saturated heterocycles. The molecule has 3 amide bonds. The Morgan fingerprint density at radius 1 is 1.14 bits per heavy atom. The minimum atomic E-state index is -0.309. The van der Waals surface area contributed by atoms with Gasteiger partial charge in [0.2, 0.25) is 0 Å². The number of nitrogens with zero attached hydrogens (tertiary/aromatic N) is 3. The Labute approximate surface area is 165 Å². The molecule has 0 spiro atoms. The fraction of sp³-hybridized carbons (Fsp3) is 0.429. The Morgan fingerprint density at radius 2 is 1.93 bits per heavy atom. The topological polar surface area (TPSA) is 87.2 Å². The smallest absolute Gasteiger partial charge is 0.319 e. The standard InChI is InChI=1S/C21H27N5O2/c1-16(13-19-15-22-9-10-23-19)24-21(28)25-18-8-6-7-17(14-18)20(27)26-11-4-2-3-5-12-26/h6-10,14-16H,2-5,11-13H2,1H3,(H2,24,25,28). The fourth-order valence-corrected chi connectivity index (χ4v) is 3.38. The molecule has 2 N–H and O–H groups in total. The summed E-state index contributed by atoms with van der Waals surface area (Å²) in [5.41, 5.74) is 2.03. The molecule has 0 radical (unpaired) electrons. The minimum absolute atomic E-state index is 0.0296. The van der Waals surface area contributed by atoms with Crippen molar-refractivity contribution < 1.29 is 9.59 Å². The summed E-state index contributed by atoms with van der Waals surface area (Å²) in [5.74, 6) is 0.0296. The van der Waals surface area contributed by atoms with Gasteiger partial charge in [0.25, 0.3) is 5.91 Å². The highest BCUT2D eigenvalue weighted by atomic mass is 16.2. The maximum absolute atomic E-state index is 12.8. The molecule has 1 aliphatic rings. The molecule has 1 aromatic carbocycles. The van der Waals surface area contributed by atoms with E-state index in [0.717, 1.165) is 31.6 Å². The molecule has 28 heavy (non-hydrogen) atoms. The molecule has 1 unspecified atom stereocenters. The van der Waals surface area contributed by atoms with Crippen molar-refractivity contribution in [2.75, 3.05) is 18.4 Å². The van der Waals surface area contributed by atoms with E-state index in [4.69, 9.17) is 0 Å². The Balaban J connectivity index is 1.56. The van der Waals surface area contributed by atoms with Crippen molar-refractivity contribution in [2.24, 2.45) is 0 Å². The Bertz CT molecular complexity index is 788. The zero-order valence-corrected chi connectivity index (χ0v) is 16.2. The lowest BCUT2D eigenvalue weighted by Crippen LogP contribution is -2.37. The average Bonchev–Trinajstić information content (AvgIpc) is 2.97. The van der Waals surface area contributed by atoms with Crippen LogP contribution >= 0.6 is 0 Å². The van der Waals surface area contributed by atoms with E-state index in [9.17, 15) is 9.59 Å². The number of hydrogen-bond acceptors (Lipinski definition) is 4. The van der Waals surface area contributed by atoms with Gasteiger partial charge in [-0.2, -0.15) is 0 Å². The number of hydrogen-bond donors (Lipinski definition) is 2. The van der Waals surface area contributed by atoms with Crippen LogP contribution in [0.2, 0.25) is 0 Å². The molecule has 2 aromatic rings. The first-order valence-corrected chi connectivity index (χ1v) is 9.83. The van der Waals surface area contributed by atoms with Gasteiger partial charge in [-0.25, -0.2) is 4.79 Å². The van der Waals surface area contributed by atoms with Gasteiger partial charge < -0.3 is 15.5 Å². The molecular formula is C21H27N5O2. The third-order valence-corrected chi connectivity index (χ3v) is 4.77. The number of carbonyl (C=O) groups excluding carboxylic acids is 2. The van der Waals surface area contributed by atoms with Crippen LogP contribution in [0.25, 0.3) is 0 Å². The van der Waals surface area contributed by atoms with Crippen molar-refractivity contribution in [1.29, 1.82) is 0 Å². The number of amides is 3. The molecule has 2 heterocycles. The van der Waals surface area contributed by atoms with Gasteiger partial charge in [-0.05, 0) is 38.0 Å². The molecule has 0 aliphatic carbocycles. The van der Waals surface area contributed by atoms with Gasteiger partial charge in [0.05, 0.1) is 5.69 Å². The van der Waals surface area contributed by atoms with Gasteiger partial charge in [0, 0.05) is 55.4 Å². The normalized spacial score (nSPS) is 15.4. The Hall–Kier alpha value is -2.96. The van der Waals surface area contributed by atoms with Crippen molar-refractivity contribution in [1.82, 2.24) is 20.2 Å². The maximum Gasteiger partial charge on any atom is 0.319 e. The molecule has 0 bridgehead atoms. The van der Waals surface area contributed by atoms with E-state index in [1.54, 1.807) is 42.9 Å². The molecule has 1 aliphatic heterocycles. The summed E-state index contributed by atoms with van der Waals surface area (Å²) in [7, 11) is 0. The van der Waals surface area contributed by atoms with Gasteiger partial charge in [-0.1, -0.05) is 18.9 Å². The molecule has 7 nitrogen and oxygen atoms in total. The second-order valence-corrected chi connectivity index (χ2v) is 7.19. The molecule has 7 heteroatoms. The lowest BCUT2D eigenvalue weighted by atomic mass is 10.1. The van der Waals surface area contributed by atoms with E-state index >= 15 is 0 Å². The second-order valence-electron chi connectivity index (χ2n) is 7.19. The fourth-order valence-electron chi connectivity index (χ4n) is 3.38. The third-order valence-electron chi connectivity index (χ3n) is 4.77. The van der Waals surface area contributed by atoms with Gasteiger partial charge in [-0.3, -0.25) is 14.8 Å². The SMILES string of the molecule is CC(Cc1cnccn1)NC(=O)Nc1cccc(C(=O)N2CCCCCC2)c1. The first kappa shape index (κ1) is 19.8. The predicted octanol–water partition coefficient (Wildman–Crippen LogP) is 3.25. The number of rotatable bonds is 5. The predicted molar refractivity (Wildman–Crippen MR) is 108 cm³/mol. The highest BCUT2D eigenvalue weighted by Crippen LogP contribution is 2.16. The van der Waals surface area contributed by atoms with Crippen LogP contribution in [0, 0.1) is 0 Å². The van der Waals surface area contributed by atoms with E-state index in [2.05, 4.69) is 20.6 Å². The van der Waals surface area contributed by atoms with Crippen molar-refractivity contribution in [3.05, 3.63) is 54.1 Å². The second kappa shape index (κ2) is 9.82. The van der Waals surface area contributed by atoms with Crippen LogP contribution in [0.5, 0.6) is 0 Å². The Kier molecular flexibility index (Phi) is 6.94. The zero-order chi connectivity index (χ0) is 19.8. The number of likely N-dealkylation sites (tertiary alicyclic amines) is 1. The first-order valence-electron chi connectivity index (χ1n) is 9.83. The molecule has 1 fully saturated rings. The van der Waals surface area contributed by atoms with Crippen molar-refractivity contribution in [3.8, 4) is 0 Å². The number of benzene rings is 1. The summed E-state index contributed by atoms with van der Waals surface area (Å²) in [6, 6.07) is 6.71. The number of anilines is 1. The molecule has 1 aromatic heterocycles. The highest BCUT2D eigenvalue weighted by Gasteiger charge is 2.18. The van der Waals surface area contributed by atoms with Crippen LogP contribution in [-0.2, 0) is 6.42 Å². The quantitative estimate of drug-likeness (QED) is 0.832. The maximum atomic E-state index is 12.8. The van der Waals surface area contributed by atoms with E-state index < -0.39 is 0 Å². The number of aromatic nitrogens is 2. The lowest BCUT2D eigenvalue weighted by molar-refractivity contribution is 0.0761. The summed E-state index contributed by atoms with van der Waals surface area (Å²) in [5, 5.41) is 5.70. The summed E-state index contributed by atoms with van der Waals surface area (Å²) in [6.45, 7) is 3.52.